The van der Waals surface area contributed by atoms with E-state index in [1.54, 1.807) is 24.1 Å². The predicted octanol–water partition coefficient (Wildman–Crippen LogP) is 2.58. The van der Waals surface area contributed by atoms with Crippen LogP contribution in [-0.4, -0.2) is 53.1 Å². The van der Waals surface area contributed by atoms with Gasteiger partial charge >= 0.3 is 0 Å². The van der Waals surface area contributed by atoms with Gasteiger partial charge in [0.1, 0.15) is 5.82 Å². The molecule has 1 aromatic rings. The normalized spacial score (nSPS) is 23.5. The van der Waals surface area contributed by atoms with Gasteiger partial charge in [-0.1, -0.05) is 18.6 Å². The predicted molar refractivity (Wildman–Crippen MR) is 88.5 cm³/mol. The highest BCUT2D eigenvalue weighted by Gasteiger charge is 2.30. The molecular formula is C18H27FN2O2. The van der Waals surface area contributed by atoms with Crippen molar-refractivity contribution in [1.82, 2.24) is 9.80 Å². The van der Waals surface area contributed by atoms with E-state index in [1.165, 1.54) is 12.1 Å². The number of amides is 1. The topological polar surface area (TPSA) is 43.8 Å². The Labute approximate surface area is 137 Å². The van der Waals surface area contributed by atoms with Crippen LogP contribution in [0.15, 0.2) is 24.3 Å². The van der Waals surface area contributed by atoms with Crippen molar-refractivity contribution in [2.24, 2.45) is 0 Å². The van der Waals surface area contributed by atoms with Crippen LogP contribution in [0.2, 0.25) is 0 Å². The van der Waals surface area contributed by atoms with Crippen LogP contribution in [0.4, 0.5) is 4.39 Å². The van der Waals surface area contributed by atoms with Crippen molar-refractivity contribution in [2.45, 2.75) is 51.2 Å². The van der Waals surface area contributed by atoms with Crippen molar-refractivity contribution in [3.63, 3.8) is 0 Å². The van der Waals surface area contributed by atoms with Gasteiger partial charge in [-0.15, -0.1) is 0 Å². The zero-order valence-corrected chi connectivity index (χ0v) is 14.2. The van der Waals surface area contributed by atoms with Gasteiger partial charge in [-0.2, -0.15) is 0 Å². The summed E-state index contributed by atoms with van der Waals surface area (Å²) < 4.78 is 13.0. The van der Waals surface area contributed by atoms with E-state index in [1.807, 2.05) is 6.92 Å². The molecule has 1 aliphatic heterocycles. The van der Waals surface area contributed by atoms with E-state index >= 15 is 0 Å². The van der Waals surface area contributed by atoms with Crippen LogP contribution in [0.5, 0.6) is 0 Å². The summed E-state index contributed by atoms with van der Waals surface area (Å²) in [6.07, 6.45) is 3.09. The maximum atomic E-state index is 13.0. The number of likely N-dealkylation sites (tertiary alicyclic amines) is 1. The number of carbonyl (C=O) groups is 1. The maximum Gasteiger partial charge on any atom is 0.237 e. The Morgan fingerprint density at radius 2 is 2.04 bits per heavy atom. The number of nitrogens with zero attached hydrogens (tertiary/aromatic N) is 2. The molecule has 0 spiro atoms. The Kier molecular flexibility index (Phi) is 6.13. The summed E-state index contributed by atoms with van der Waals surface area (Å²) in [5.41, 5.74) is 0.910. The fraction of sp³-hybridized carbons (Fsp3) is 0.611. The summed E-state index contributed by atoms with van der Waals surface area (Å²) in [4.78, 5) is 16.4. The number of hydrogen-bond acceptors (Lipinski definition) is 3. The second kappa shape index (κ2) is 7.88. The van der Waals surface area contributed by atoms with Crippen molar-refractivity contribution in [2.75, 3.05) is 20.2 Å². The molecule has 1 amide bonds. The average Bonchev–Trinajstić information content (AvgIpc) is 2.55. The quantitative estimate of drug-likeness (QED) is 0.906. The molecule has 1 aliphatic rings. The number of halogens is 1. The third kappa shape index (κ3) is 4.30. The van der Waals surface area contributed by atoms with Crippen molar-refractivity contribution in [1.29, 1.82) is 0 Å². The van der Waals surface area contributed by atoms with Gasteiger partial charge in [0.2, 0.25) is 5.91 Å². The molecule has 23 heavy (non-hydrogen) atoms. The molecule has 2 rings (SSSR count). The molecule has 0 radical (unpaired) electrons. The van der Waals surface area contributed by atoms with E-state index in [-0.39, 0.29) is 30.4 Å². The molecule has 4 nitrogen and oxygen atoms in total. The molecule has 1 heterocycles. The van der Waals surface area contributed by atoms with Crippen LogP contribution in [0.3, 0.4) is 0 Å². The monoisotopic (exact) mass is 322 g/mol. The SMILES string of the molecule is CC(c1ccc(F)cc1)N(C)C(=O)CN1C(C)CCCC1CO. The molecule has 3 atom stereocenters. The van der Waals surface area contributed by atoms with Crippen molar-refractivity contribution in [3.05, 3.63) is 35.6 Å². The molecule has 0 aliphatic carbocycles. The van der Waals surface area contributed by atoms with Crippen LogP contribution in [0, 0.1) is 5.82 Å². The summed E-state index contributed by atoms with van der Waals surface area (Å²) >= 11 is 0. The molecular weight excluding hydrogens is 295 g/mol. The van der Waals surface area contributed by atoms with Crippen LogP contribution in [-0.2, 0) is 4.79 Å². The summed E-state index contributed by atoms with van der Waals surface area (Å²) in [5.74, 6) is -0.253. The van der Waals surface area contributed by atoms with E-state index in [9.17, 15) is 14.3 Å². The summed E-state index contributed by atoms with van der Waals surface area (Å²) in [7, 11) is 1.78. The molecule has 5 heteroatoms. The van der Waals surface area contributed by atoms with Crippen LogP contribution in [0.25, 0.3) is 0 Å². The van der Waals surface area contributed by atoms with Gasteiger partial charge in [0.25, 0.3) is 0 Å². The second-order valence-corrected chi connectivity index (χ2v) is 6.52. The Bertz CT molecular complexity index is 520. The minimum atomic E-state index is -0.275. The lowest BCUT2D eigenvalue weighted by atomic mass is 9.96. The first kappa shape index (κ1) is 17.9. The van der Waals surface area contributed by atoms with Crippen LogP contribution < -0.4 is 0 Å². The minimum Gasteiger partial charge on any atom is -0.395 e. The minimum absolute atomic E-state index is 0.0222. The lowest BCUT2D eigenvalue weighted by Gasteiger charge is -2.40. The fourth-order valence-corrected chi connectivity index (χ4v) is 3.27. The third-order valence-corrected chi connectivity index (χ3v) is 5.05. The van der Waals surface area contributed by atoms with Gasteiger partial charge < -0.3 is 10.0 Å². The van der Waals surface area contributed by atoms with Gasteiger partial charge in [-0.3, -0.25) is 9.69 Å². The number of carbonyl (C=O) groups excluding carboxylic acids is 1. The number of aliphatic hydroxyl groups excluding tert-OH is 1. The molecule has 0 aromatic heterocycles. The van der Waals surface area contributed by atoms with Crippen LogP contribution in [0.1, 0.15) is 44.7 Å². The van der Waals surface area contributed by atoms with Gasteiger partial charge in [0.15, 0.2) is 0 Å². The Morgan fingerprint density at radius 3 is 2.65 bits per heavy atom. The Morgan fingerprint density at radius 1 is 1.39 bits per heavy atom. The van der Waals surface area contributed by atoms with Crippen LogP contribution >= 0.6 is 0 Å². The summed E-state index contributed by atoms with van der Waals surface area (Å²) in [6.45, 7) is 4.45. The zero-order valence-electron chi connectivity index (χ0n) is 14.2. The molecule has 1 aromatic carbocycles. The van der Waals surface area contributed by atoms with E-state index in [4.69, 9.17) is 0 Å². The molecule has 1 N–H and O–H groups in total. The number of likely N-dealkylation sites (N-methyl/N-ethyl adjacent to an activating group) is 1. The molecule has 0 saturated carbocycles. The van der Waals surface area contributed by atoms with Gasteiger partial charge in [0.05, 0.1) is 19.2 Å². The Balaban J connectivity index is 2.02. The fourth-order valence-electron chi connectivity index (χ4n) is 3.27. The zero-order chi connectivity index (χ0) is 17.0. The molecule has 0 bridgehead atoms. The lowest BCUT2D eigenvalue weighted by Crippen LogP contribution is -2.51. The molecule has 1 saturated heterocycles. The van der Waals surface area contributed by atoms with Gasteiger partial charge in [-0.05, 0) is 44.4 Å². The first-order valence-corrected chi connectivity index (χ1v) is 8.31. The Hall–Kier alpha value is -1.46. The largest absolute Gasteiger partial charge is 0.395 e. The van der Waals surface area contributed by atoms with E-state index in [0.29, 0.717) is 12.6 Å². The first-order valence-electron chi connectivity index (χ1n) is 8.31. The number of piperidine rings is 1. The standard InChI is InChI=1S/C18H27FN2O2/c1-13-5-4-6-17(12-22)21(13)11-18(23)20(3)14(2)15-7-9-16(19)10-8-15/h7-10,13-14,17,22H,4-6,11-12H2,1-3H3. The highest BCUT2D eigenvalue weighted by molar-refractivity contribution is 5.78. The highest BCUT2D eigenvalue weighted by Crippen LogP contribution is 2.24. The summed E-state index contributed by atoms with van der Waals surface area (Å²) in [6, 6.07) is 6.51. The number of aliphatic hydroxyl groups is 1. The number of rotatable bonds is 5. The van der Waals surface area contributed by atoms with E-state index in [0.717, 1.165) is 24.8 Å². The van der Waals surface area contributed by atoms with E-state index in [2.05, 4.69) is 11.8 Å². The van der Waals surface area contributed by atoms with Gasteiger partial charge in [0, 0.05) is 19.1 Å². The van der Waals surface area contributed by atoms with Crippen molar-refractivity contribution in [3.8, 4) is 0 Å². The van der Waals surface area contributed by atoms with E-state index < -0.39 is 0 Å². The number of benzene rings is 1. The molecule has 128 valence electrons. The summed E-state index contributed by atoms with van der Waals surface area (Å²) in [5, 5.41) is 9.54. The molecule has 3 unspecified atom stereocenters. The van der Waals surface area contributed by atoms with Crippen molar-refractivity contribution >= 4 is 5.91 Å². The highest BCUT2D eigenvalue weighted by atomic mass is 19.1. The third-order valence-electron chi connectivity index (χ3n) is 5.05. The maximum absolute atomic E-state index is 13.0. The van der Waals surface area contributed by atoms with Crippen molar-refractivity contribution < 1.29 is 14.3 Å². The average molecular weight is 322 g/mol. The van der Waals surface area contributed by atoms with Gasteiger partial charge in [-0.25, -0.2) is 4.39 Å². The first-order chi connectivity index (χ1) is 10.9. The second-order valence-electron chi connectivity index (χ2n) is 6.52. The lowest BCUT2D eigenvalue weighted by molar-refractivity contribution is -0.135. The smallest absolute Gasteiger partial charge is 0.237 e. The molecule has 1 fully saturated rings. The number of hydrogen-bond donors (Lipinski definition) is 1.